The summed E-state index contributed by atoms with van der Waals surface area (Å²) in [5.41, 5.74) is 3.51. The molecule has 0 saturated heterocycles. The molecule has 0 amide bonds. The Balaban J connectivity index is 1.67. The van der Waals surface area contributed by atoms with Crippen LogP contribution in [0, 0.1) is 17.8 Å². The molecule has 0 spiro atoms. The zero-order chi connectivity index (χ0) is 18.0. The van der Waals surface area contributed by atoms with Crippen LogP contribution >= 0.6 is 23.2 Å². The van der Waals surface area contributed by atoms with Crippen molar-refractivity contribution in [2.24, 2.45) is 17.8 Å². The van der Waals surface area contributed by atoms with Gasteiger partial charge in [0, 0.05) is 21.3 Å². The highest BCUT2D eigenvalue weighted by Gasteiger charge is 2.54. The minimum Gasteiger partial charge on any atom is -0.478 e. The lowest BCUT2D eigenvalue weighted by Crippen LogP contribution is -2.36. The number of carboxylic acid groups (broad SMARTS) is 1. The van der Waals surface area contributed by atoms with Gasteiger partial charge in [0.05, 0.1) is 11.6 Å². The number of anilines is 1. The van der Waals surface area contributed by atoms with E-state index >= 15 is 0 Å². The third-order valence-corrected chi connectivity index (χ3v) is 7.30. The SMILES string of the molecule is O=C(O)c1ccc2c(c1)[C@@H]1[C@H]3CC[C@@H](C3)[C@H]1[C@H](c1c(Cl)cccc1Cl)N2. The first kappa shape index (κ1) is 16.5. The summed E-state index contributed by atoms with van der Waals surface area (Å²) in [5, 5.41) is 14.5. The van der Waals surface area contributed by atoms with Crippen LogP contribution in [0.15, 0.2) is 36.4 Å². The first-order valence-electron chi connectivity index (χ1n) is 9.12. The topological polar surface area (TPSA) is 49.3 Å². The molecular weight excluding hydrogens is 369 g/mol. The summed E-state index contributed by atoms with van der Waals surface area (Å²) in [5.74, 6) is 1.17. The largest absolute Gasteiger partial charge is 0.478 e. The fourth-order valence-corrected chi connectivity index (χ4v) is 6.35. The number of rotatable bonds is 2. The molecule has 0 aromatic heterocycles. The van der Waals surface area contributed by atoms with Crippen LogP contribution in [0.4, 0.5) is 5.69 Å². The Morgan fingerprint density at radius 2 is 1.81 bits per heavy atom. The van der Waals surface area contributed by atoms with Gasteiger partial charge >= 0.3 is 5.97 Å². The number of carboxylic acids is 1. The highest BCUT2D eigenvalue weighted by molar-refractivity contribution is 6.36. The van der Waals surface area contributed by atoms with E-state index in [0.29, 0.717) is 39.3 Å². The van der Waals surface area contributed by atoms with Crippen molar-refractivity contribution in [2.45, 2.75) is 31.2 Å². The molecule has 2 saturated carbocycles. The Morgan fingerprint density at radius 1 is 1.08 bits per heavy atom. The molecule has 2 N–H and O–H groups in total. The highest BCUT2D eigenvalue weighted by atomic mass is 35.5. The molecule has 1 aliphatic heterocycles. The third kappa shape index (κ3) is 2.30. The van der Waals surface area contributed by atoms with Crippen molar-refractivity contribution < 1.29 is 9.90 Å². The number of halogens is 2. The average molecular weight is 388 g/mol. The molecule has 2 fully saturated rings. The molecule has 5 heteroatoms. The number of carbonyl (C=O) groups is 1. The molecule has 0 radical (unpaired) electrons. The van der Waals surface area contributed by atoms with Crippen LogP contribution in [0.2, 0.25) is 10.0 Å². The van der Waals surface area contributed by atoms with Gasteiger partial charge in [-0.2, -0.15) is 0 Å². The van der Waals surface area contributed by atoms with E-state index in [1.165, 1.54) is 19.3 Å². The summed E-state index contributed by atoms with van der Waals surface area (Å²) in [6.07, 6.45) is 3.68. The van der Waals surface area contributed by atoms with Gasteiger partial charge in [0.2, 0.25) is 0 Å². The van der Waals surface area contributed by atoms with Crippen LogP contribution < -0.4 is 5.32 Å². The average Bonchev–Trinajstić information content (AvgIpc) is 3.23. The van der Waals surface area contributed by atoms with E-state index in [-0.39, 0.29) is 6.04 Å². The van der Waals surface area contributed by atoms with Crippen molar-refractivity contribution in [1.82, 2.24) is 0 Å². The van der Waals surface area contributed by atoms with Crippen molar-refractivity contribution in [2.75, 3.05) is 5.32 Å². The van der Waals surface area contributed by atoms with Crippen molar-refractivity contribution in [1.29, 1.82) is 0 Å². The molecule has 3 nitrogen and oxygen atoms in total. The monoisotopic (exact) mass is 387 g/mol. The maximum absolute atomic E-state index is 11.5. The van der Waals surface area contributed by atoms with E-state index in [0.717, 1.165) is 16.8 Å². The Kier molecular flexibility index (Phi) is 3.74. The van der Waals surface area contributed by atoms with Gasteiger partial charge in [-0.3, -0.25) is 0 Å². The fourth-order valence-electron chi connectivity index (χ4n) is 5.72. The predicted molar refractivity (Wildman–Crippen MR) is 103 cm³/mol. The molecule has 26 heavy (non-hydrogen) atoms. The molecule has 5 rings (SSSR count). The lowest BCUT2D eigenvalue weighted by Gasteiger charge is -2.44. The van der Waals surface area contributed by atoms with Gasteiger partial charge in [0.15, 0.2) is 0 Å². The maximum atomic E-state index is 11.5. The van der Waals surface area contributed by atoms with E-state index in [4.69, 9.17) is 23.2 Å². The molecule has 2 aromatic carbocycles. The van der Waals surface area contributed by atoms with E-state index in [2.05, 4.69) is 5.32 Å². The van der Waals surface area contributed by atoms with Crippen LogP contribution in [-0.2, 0) is 0 Å². The predicted octanol–water partition coefficient (Wildman–Crippen LogP) is 5.99. The van der Waals surface area contributed by atoms with Gasteiger partial charge < -0.3 is 10.4 Å². The number of fused-ring (bicyclic) bond motifs is 7. The molecule has 2 aromatic rings. The second-order valence-electron chi connectivity index (χ2n) is 7.80. The van der Waals surface area contributed by atoms with Gasteiger partial charge in [-0.05, 0) is 78.8 Å². The maximum Gasteiger partial charge on any atom is 0.335 e. The second kappa shape index (κ2) is 5.90. The van der Waals surface area contributed by atoms with Gasteiger partial charge in [0.1, 0.15) is 0 Å². The van der Waals surface area contributed by atoms with Crippen LogP contribution in [0.3, 0.4) is 0 Å². The highest BCUT2D eigenvalue weighted by Crippen LogP contribution is 2.64. The normalized spacial score (nSPS) is 31.2. The Morgan fingerprint density at radius 3 is 2.54 bits per heavy atom. The third-order valence-electron chi connectivity index (χ3n) is 6.64. The Labute approximate surface area is 162 Å². The molecule has 5 atom stereocenters. The minimum absolute atomic E-state index is 0.0691. The summed E-state index contributed by atoms with van der Waals surface area (Å²) < 4.78 is 0. The van der Waals surface area contributed by atoms with Gasteiger partial charge in [-0.1, -0.05) is 29.3 Å². The Hall–Kier alpha value is -1.71. The zero-order valence-corrected chi connectivity index (χ0v) is 15.6. The lowest BCUT2D eigenvalue weighted by molar-refractivity contribution is 0.0696. The van der Waals surface area contributed by atoms with Crippen molar-refractivity contribution in [3.8, 4) is 0 Å². The number of aromatic carboxylic acids is 1. The molecule has 2 bridgehead atoms. The zero-order valence-electron chi connectivity index (χ0n) is 14.1. The van der Waals surface area contributed by atoms with Crippen LogP contribution in [-0.4, -0.2) is 11.1 Å². The van der Waals surface area contributed by atoms with Gasteiger partial charge in [0.25, 0.3) is 0 Å². The van der Waals surface area contributed by atoms with E-state index in [1.54, 1.807) is 6.07 Å². The first-order chi connectivity index (χ1) is 12.5. The summed E-state index contributed by atoms with van der Waals surface area (Å²) >= 11 is 13.1. The number of benzene rings is 2. The van der Waals surface area contributed by atoms with Crippen molar-refractivity contribution in [3.63, 3.8) is 0 Å². The number of hydrogen-bond donors (Lipinski definition) is 2. The van der Waals surface area contributed by atoms with Crippen molar-refractivity contribution >= 4 is 34.9 Å². The summed E-state index contributed by atoms with van der Waals surface area (Å²) in [6.45, 7) is 0. The Bertz CT molecular complexity index is 893. The number of hydrogen-bond acceptors (Lipinski definition) is 2. The molecule has 1 heterocycles. The molecule has 3 aliphatic rings. The standard InChI is InChI=1S/C21H19Cl2NO2/c22-14-2-1-3-15(23)19(14)20-18-11-5-4-10(8-11)17(18)13-9-12(21(25)26)6-7-16(13)24-20/h1-3,6-7,9-11,17-18,20,24H,4-5,8H2,(H,25,26)/t10-,11-,17-,18+,20+/m0/s1. The van der Waals surface area contributed by atoms with E-state index in [1.807, 2.05) is 30.3 Å². The summed E-state index contributed by atoms with van der Waals surface area (Å²) in [6, 6.07) is 11.2. The first-order valence-corrected chi connectivity index (χ1v) is 9.88. The van der Waals surface area contributed by atoms with Crippen LogP contribution in [0.5, 0.6) is 0 Å². The fraction of sp³-hybridized carbons (Fsp3) is 0.381. The smallest absolute Gasteiger partial charge is 0.335 e. The van der Waals surface area contributed by atoms with Crippen LogP contribution in [0.25, 0.3) is 0 Å². The molecular formula is C21H19Cl2NO2. The molecule has 0 unspecified atom stereocenters. The second-order valence-corrected chi connectivity index (χ2v) is 8.62. The number of nitrogens with one attached hydrogen (secondary N) is 1. The summed E-state index contributed by atoms with van der Waals surface area (Å²) in [4.78, 5) is 11.5. The van der Waals surface area contributed by atoms with E-state index < -0.39 is 5.97 Å². The van der Waals surface area contributed by atoms with E-state index in [9.17, 15) is 9.90 Å². The molecule has 134 valence electrons. The summed E-state index contributed by atoms with van der Waals surface area (Å²) in [7, 11) is 0. The lowest BCUT2D eigenvalue weighted by atomic mass is 9.68. The van der Waals surface area contributed by atoms with Gasteiger partial charge in [-0.25, -0.2) is 4.79 Å². The van der Waals surface area contributed by atoms with Gasteiger partial charge in [-0.15, -0.1) is 0 Å². The quantitative estimate of drug-likeness (QED) is 0.665. The van der Waals surface area contributed by atoms with Crippen molar-refractivity contribution in [3.05, 3.63) is 63.1 Å². The molecule has 2 aliphatic carbocycles. The minimum atomic E-state index is -0.872. The van der Waals surface area contributed by atoms with Crippen LogP contribution in [0.1, 0.15) is 52.7 Å².